The van der Waals surface area contributed by atoms with Crippen LogP contribution in [-0.2, 0) is 11.3 Å². The quantitative estimate of drug-likeness (QED) is 0.910. The summed E-state index contributed by atoms with van der Waals surface area (Å²) in [6.07, 6.45) is 2.33. The molecule has 1 aromatic carbocycles. The fourth-order valence-electron chi connectivity index (χ4n) is 2.38. The minimum Gasteiger partial charge on any atom is -0.480 e. The van der Waals surface area contributed by atoms with Crippen LogP contribution in [0.25, 0.3) is 10.9 Å². The third kappa shape index (κ3) is 2.99. The zero-order valence-corrected chi connectivity index (χ0v) is 13.1. The summed E-state index contributed by atoms with van der Waals surface area (Å²) in [7, 11) is 1.83. The van der Waals surface area contributed by atoms with Crippen LogP contribution in [0.4, 0.5) is 0 Å². The molecule has 0 fully saturated rings. The molecule has 0 aliphatic heterocycles. The van der Waals surface area contributed by atoms with Crippen LogP contribution < -0.4 is 0 Å². The number of carbonyl (C=O) groups is 1. The third-order valence-corrected chi connectivity index (χ3v) is 4.12. The number of likely N-dealkylation sites (N-methyl/N-ethyl adjacent to an activating group) is 1. The molecule has 1 N–H and O–H groups in total. The lowest BCUT2D eigenvalue weighted by molar-refractivity contribution is -0.143. The highest BCUT2D eigenvalue weighted by Gasteiger charge is 2.21. The minimum absolute atomic E-state index is 0.475. The number of carboxylic acids is 1. The molecule has 5 heteroatoms. The molecule has 2 aromatic rings. The summed E-state index contributed by atoms with van der Waals surface area (Å²) in [5.41, 5.74) is 1.94. The fraction of sp³-hybridized carbons (Fsp3) is 0.333. The van der Waals surface area contributed by atoms with Crippen molar-refractivity contribution in [3.8, 4) is 0 Å². The lowest BCUT2D eigenvalue weighted by Crippen LogP contribution is -2.37. The number of fused-ring (bicyclic) bond motifs is 1. The Labute approximate surface area is 126 Å². The molecular formula is C15H17BrN2O2. The topological polar surface area (TPSA) is 53.4 Å². The minimum atomic E-state index is -0.788. The van der Waals surface area contributed by atoms with Gasteiger partial charge in [-0.3, -0.25) is 14.7 Å². The average molecular weight is 337 g/mol. The summed E-state index contributed by atoms with van der Waals surface area (Å²) < 4.78 is 0.997. The van der Waals surface area contributed by atoms with Crippen molar-refractivity contribution >= 4 is 32.8 Å². The van der Waals surface area contributed by atoms with Crippen molar-refractivity contribution in [1.29, 1.82) is 0 Å². The molecule has 4 nitrogen and oxygen atoms in total. The summed E-state index contributed by atoms with van der Waals surface area (Å²) in [6.45, 7) is 2.44. The van der Waals surface area contributed by atoms with Crippen molar-refractivity contribution in [2.24, 2.45) is 0 Å². The number of benzene rings is 1. The monoisotopic (exact) mass is 336 g/mol. The standard InChI is InChI=1S/C15H17BrN2O2/c1-3-13(15(19)20)18(2)9-10-6-7-12(16)11-5-4-8-17-14(10)11/h4-8,13H,3,9H2,1-2H3,(H,19,20). The molecule has 106 valence electrons. The van der Waals surface area contributed by atoms with E-state index in [1.165, 1.54) is 0 Å². The number of hydrogen-bond acceptors (Lipinski definition) is 3. The van der Waals surface area contributed by atoms with Crippen molar-refractivity contribution in [3.05, 3.63) is 40.5 Å². The lowest BCUT2D eigenvalue weighted by Gasteiger charge is -2.24. The maximum absolute atomic E-state index is 11.2. The maximum atomic E-state index is 11.2. The van der Waals surface area contributed by atoms with Gasteiger partial charge in [-0.25, -0.2) is 0 Å². The Bertz CT molecular complexity index is 630. The zero-order valence-electron chi connectivity index (χ0n) is 11.5. The molecule has 20 heavy (non-hydrogen) atoms. The molecule has 2 rings (SSSR count). The number of rotatable bonds is 5. The van der Waals surface area contributed by atoms with E-state index >= 15 is 0 Å². The molecule has 1 atom stereocenters. The summed E-state index contributed by atoms with van der Waals surface area (Å²) in [4.78, 5) is 17.5. The van der Waals surface area contributed by atoms with E-state index in [9.17, 15) is 9.90 Å². The van der Waals surface area contributed by atoms with Crippen molar-refractivity contribution < 1.29 is 9.90 Å². The van der Waals surface area contributed by atoms with Crippen LogP contribution in [0.1, 0.15) is 18.9 Å². The molecule has 1 unspecified atom stereocenters. The first kappa shape index (κ1) is 14.9. The van der Waals surface area contributed by atoms with Crippen LogP contribution in [0.15, 0.2) is 34.9 Å². The molecule has 1 aromatic heterocycles. The first-order valence-corrected chi connectivity index (χ1v) is 7.29. The zero-order chi connectivity index (χ0) is 14.7. The Morgan fingerprint density at radius 1 is 1.45 bits per heavy atom. The first-order valence-electron chi connectivity index (χ1n) is 6.49. The van der Waals surface area contributed by atoms with Gasteiger partial charge in [0.15, 0.2) is 0 Å². The second-order valence-corrected chi connectivity index (χ2v) is 5.64. The molecule has 1 heterocycles. The van der Waals surface area contributed by atoms with Gasteiger partial charge < -0.3 is 5.11 Å². The number of halogens is 1. The van der Waals surface area contributed by atoms with Gasteiger partial charge >= 0.3 is 5.97 Å². The molecule has 0 aliphatic rings. The Hall–Kier alpha value is -1.46. The smallest absolute Gasteiger partial charge is 0.320 e. The highest BCUT2D eigenvalue weighted by atomic mass is 79.9. The number of hydrogen-bond donors (Lipinski definition) is 1. The Morgan fingerprint density at radius 3 is 2.85 bits per heavy atom. The molecule has 0 aliphatic carbocycles. The first-order chi connectivity index (χ1) is 9.54. The molecule has 0 spiro atoms. The van der Waals surface area contributed by atoms with E-state index in [4.69, 9.17) is 0 Å². The van der Waals surface area contributed by atoms with E-state index in [-0.39, 0.29) is 0 Å². The highest BCUT2D eigenvalue weighted by Crippen LogP contribution is 2.26. The van der Waals surface area contributed by atoms with E-state index in [2.05, 4.69) is 20.9 Å². The van der Waals surface area contributed by atoms with Crippen LogP contribution in [0.3, 0.4) is 0 Å². The van der Waals surface area contributed by atoms with Gasteiger partial charge in [0.05, 0.1) is 5.52 Å². The molecule has 0 radical (unpaired) electrons. The second kappa shape index (κ2) is 6.33. The van der Waals surface area contributed by atoms with Crippen LogP contribution in [0.2, 0.25) is 0 Å². The summed E-state index contributed by atoms with van der Waals surface area (Å²) in [6, 6.07) is 7.40. The van der Waals surface area contributed by atoms with Crippen LogP contribution >= 0.6 is 15.9 Å². The van der Waals surface area contributed by atoms with Crippen LogP contribution in [0.5, 0.6) is 0 Å². The Balaban J connectivity index is 2.35. The number of carboxylic acid groups (broad SMARTS) is 1. The van der Waals surface area contributed by atoms with Crippen LogP contribution in [-0.4, -0.2) is 34.0 Å². The van der Waals surface area contributed by atoms with Gasteiger partial charge in [-0.2, -0.15) is 0 Å². The van der Waals surface area contributed by atoms with E-state index in [1.54, 1.807) is 6.20 Å². The van der Waals surface area contributed by atoms with Crippen molar-refractivity contribution in [2.45, 2.75) is 25.9 Å². The normalized spacial score (nSPS) is 12.8. The molecule has 0 bridgehead atoms. The second-order valence-electron chi connectivity index (χ2n) is 4.78. The largest absolute Gasteiger partial charge is 0.480 e. The fourth-order valence-corrected chi connectivity index (χ4v) is 2.83. The summed E-state index contributed by atoms with van der Waals surface area (Å²) in [5, 5.41) is 10.3. The number of nitrogens with zero attached hydrogens (tertiary/aromatic N) is 2. The van der Waals surface area contributed by atoms with E-state index in [0.717, 1.165) is 20.9 Å². The van der Waals surface area contributed by atoms with Gasteiger partial charge in [-0.05, 0) is 31.2 Å². The third-order valence-electron chi connectivity index (χ3n) is 3.42. The van der Waals surface area contributed by atoms with Gasteiger partial charge in [-0.1, -0.05) is 35.0 Å². The Morgan fingerprint density at radius 2 is 2.20 bits per heavy atom. The van der Waals surface area contributed by atoms with Crippen molar-refractivity contribution in [3.63, 3.8) is 0 Å². The van der Waals surface area contributed by atoms with Crippen molar-refractivity contribution in [2.75, 3.05) is 7.05 Å². The molecule has 0 amide bonds. The van der Waals surface area contributed by atoms with Gasteiger partial charge in [0.25, 0.3) is 0 Å². The van der Waals surface area contributed by atoms with Gasteiger partial charge in [0, 0.05) is 22.6 Å². The van der Waals surface area contributed by atoms with Crippen LogP contribution in [0, 0.1) is 0 Å². The molecule has 0 saturated carbocycles. The lowest BCUT2D eigenvalue weighted by atomic mass is 10.1. The maximum Gasteiger partial charge on any atom is 0.320 e. The summed E-state index contributed by atoms with van der Waals surface area (Å²) >= 11 is 3.52. The summed E-state index contributed by atoms with van der Waals surface area (Å²) in [5.74, 6) is -0.788. The van der Waals surface area contributed by atoms with Gasteiger partial charge in [-0.15, -0.1) is 0 Å². The predicted molar refractivity (Wildman–Crippen MR) is 82.6 cm³/mol. The van der Waals surface area contributed by atoms with E-state index in [1.807, 2.05) is 43.1 Å². The molecule has 0 saturated heterocycles. The van der Waals surface area contributed by atoms with E-state index in [0.29, 0.717) is 13.0 Å². The SMILES string of the molecule is CCC(C(=O)O)N(C)Cc1ccc(Br)c2cccnc12. The average Bonchev–Trinajstić information content (AvgIpc) is 2.42. The number of aromatic nitrogens is 1. The van der Waals surface area contributed by atoms with Gasteiger partial charge in [0.2, 0.25) is 0 Å². The predicted octanol–water partition coefficient (Wildman–Crippen LogP) is 3.29. The number of pyridine rings is 1. The van der Waals surface area contributed by atoms with E-state index < -0.39 is 12.0 Å². The molecular weight excluding hydrogens is 320 g/mol. The number of aliphatic carboxylic acids is 1. The van der Waals surface area contributed by atoms with Crippen molar-refractivity contribution in [1.82, 2.24) is 9.88 Å². The highest BCUT2D eigenvalue weighted by molar-refractivity contribution is 9.10. The van der Waals surface area contributed by atoms with Gasteiger partial charge in [0.1, 0.15) is 6.04 Å². The Kier molecular flexibility index (Phi) is 4.73.